The van der Waals surface area contributed by atoms with Gasteiger partial charge in [-0.1, -0.05) is 17.7 Å². The number of hydrogen-bond donors (Lipinski definition) is 0. The minimum absolute atomic E-state index is 0.153. The Kier molecular flexibility index (Phi) is 6.46. The van der Waals surface area contributed by atoms with Crippen LogP contribution >= 0.6 is 0 Å². The number of aryl methyl sites for hydroxylation is 1. The third-order valence-corrected chi connectivity index (χ3v) is 4.83. The molecule has 4 heteroatoms. The quantitative estimate of drug-likeness (QED) is 0.754. The molecule has 1 fully saturated rings. The molecule has 0 spiro atoms. The average molecular weight is 319 g/mol. The maximum absolute atomic E-state index is 12.2. The largest absolute Gasteiger partial charge is 0.493 e. The van der Waals surface area contributed by atoms with E-state index in [4.69, 9.17) is 9.47 Å². The highest BCUT2D eigenvalue weighted by molar-refractivity contribution is 5.72. The molecule has 0 N–H and O–H groups in total. The van der Waals surface area contributed by atoms with Gasteiger partial charge >= 0.3 is 5.97 Å². The molecule has 1 aliphatic heterocycles. The van der Waals surface area contributed by atoms with E-state index in [0.29, 0.717) is 18.6 Å². The lowest BCUT2D eigenvalue weighted by Gasteiger charge is -2.37. The van der Waals surface area contributed by atoms with Gasteiger partial charge < -0.3 is 14.4 Å². The number of rotatable bonds is 6. The second kappa shape index (κ2) is 8.34. The van der Waals surface area contributed by atoms with E-state index in [2.05, 4.69) is 18.7 Å². The Hall–Kier alpha value is -1.55. The summed E-state index contributed by atoms with van der Waals surface area (Å²) in [6.45, 7) is 8.96. The van der Waals surface area contributed by atoms with Crippen LogP contribution < -0.4 is 4.74 Å². The standard InChI is InChI=1S/C19H29NO3/c1-14(2)20-11-9-16(10-12-20)18(19(21)22-4)13-23-17-7-5-15(3)6-8-17/h5-8,14,16,18H,9-13H2,1-4H3. The summed E-state index contributed by atoms with van der Waals surface area (Å²) < 4.78 is 10.9. The van der Waals surface area contributed by atoms with Crippen LogP contribution in [-0.2, 0) is 9.53 Å². The minimum atomic E-state index is -0.185. The fourth-order valence-corrected chi connectivity index (χ4v) is 3.21. The van der Waals surface area contributed by atoms with Gasteiger partial charge in [0.2, 0.25) is 0 Å². The molecule has 0 saturated carbocycles. The van der Waals surface area contributed by atoms with Gasteiger partial charge in [-0.2, -0.15) is 0 Å². The maximum atomic E-state index is 12.2. The number of piperidine rings is 1. The molecule has 0 aromatic heterocycles. The van der Waals surface area contributed by atoms with Gasteiger partial charge in [0, 0.05) is 6.04 Å². The van der Waals surface area contributed by atoms with Gasteiger partial charge in [0.15, 0.2) is 0 Å². The zero-order valence-corrected chi connectivity index (χ0v) is 14.7. The first-order chi connectivity index (χ1) is 11.0. The molecule has 0 aliphatic carbocycles. The lowest BCUT2D eigenvalue weighted by Crippen LogP contribution is -2.42. The van der Waals surface area contributed by atoms with Crippen molar-refractivity contribution in [2.75, 3.05) is 26.8 Å². The highest BCUT2D eigenvalue weighted by Crippen LogP contribution is 2.28. The summed E-state index contributed by atoms with van der Waals surface area (Å²) in [6.07, 6.45) is 2.05. The molecular weight excluding hydrogens is 290 g/mol. The van der Waals surface area contributed by atoms with Crippen molar-refractivity contribution in [2.45, 2.75) is 39.7 Å². The second-order valence-corrected chi connectivity index (χ2v) is 6.72. The molecule has 128 valence electrons. The van der Waals surface area contributed by atoms with Gasteiger partial charge in [0.05, 0.1) is 13.0 Å². The highest BCUT2D eigenvalue weighted by atomic mass is 16.5. The number of hydrogen-bond acceptors (Lipinski definition) is 4. The number of ether oxygens (including phenoxy) is 2. The summed E-state index contributed by atoms with van der Waals surface area (Å²) in [4.78, 5) is 14.7. The molecule has 0 radical (unpaired) electrons. The SMILES string of the molecule is COC(=O)C(COc1ccc(C)cc1)C1CCN(C(C)C)CC1. The molecule has 1 aromatic rings. The Balaban J connectivity index is 1.95. The van der Waals surface area contributed by atoms with Crippen LogP contribution in [0.4, 0.5) is 0 Å². The van der Waals surface area contributed by atoms with Crippen LogP contribution in [0, 0.1) is 18.8 Å². The van der Waals surface area contributed by atoms with Crippen molar-refractivity contribution in [3.63, 3.8) is 0 Å². The van der Waals surface area contributed by atoms with E-state index < -0.39 is 0 Å². The third kappa shape index (κ3) is 4.96. The first-order valence-corrected chi connectivity index (χ1v) is 8.52. The van der Waals surface area contributed by atoms with Crippen molar-refractivity contribution < 1.29 is 14.3 Å². The molecular formula is C19H29NO3. The van der Waals surface area contributed by atoms with Crippen molar-refractivity contribution in [1.82, 2.24) is 4.90 Å². The fourth-order valence-electron chi connectivity index (χ4n) is 3.21. The number of methoxy groups -OCH3 is 1. The number of carbonyl (C=O) groups excluding carboxylic acids is 1. The summed E-state index contributed by atoms with van der Waals surface area (Å²) in [5, 5.41) is 0. The number of carbonyl (C=O) groups is 1. The average Bonchev–Trinajstić information content (AvgIpc) is 2.56. The Bertz CT molecular complexity index is 490. The molecule has 1 atom stereocenters. The third-order valence-electron chi connectivity index (χ3n) is 4.83. The predicted molar refractivity (Wildman–Crippen MR) is 91.6 cm³/mol. The Morgan fingerprint density at radius 1 is 1.22 bits per heavy atom. The summed E-state index contributed by atoms with van der Waals surface area (Å²) in [7, 11) is 1.46. The van der Waals surface area contributed by atoms with Gasteiger partial charge in [0.25, 0.3) is 0 Å². The van der Waals surface area contributed by atoms with Crippen LogP contribution in [-0.4, -0.2) is 43.7 Å². The topological polar surface area (TPSA) is 38.8 Å². The van der Waals surface area contributed by atoms with Crippen molar-refractivity contribution >= 4 is 5.97 Å². The molecule has 1 unspecified atom stereocenters. The van der Waals surface area contributed by atoms with E-state index in [1.807, 2.05) is 31.2 Å². The Labute approximate surface area is 139 Å². The fraction of sp³-hybridized carbons (Fsp3) is 0.632. The number of nitrogens with zero attached hydrogens (tertiary/aromatic N) is 1. The van der Waals surface area contributed by atoms with E-state index in [1.54, 1.807) is 0 Å². The number of esters is 1. The summed E-state index contributed by atoms with van der Waals surface area (Å²) in [5.41, 5.74) is 1.20. The molecule has 0 bridgehead atoms. The molecule has 2 rings (SSSR count). The maximum Gasteiger partial charge on any atom is 0.312 e. The molecule has 1 aliphatic rings. The van der Waals surface area contributed by atoms with Gasteiger partial charge in [0.1, 0.15) is 12.4 Å². The van der Waals surface area contributed by atoms with Crippen LogP contribution in [0.15, 0.2) is 24.3 Å². The van der Waals surface area contributed by atoms with Gasteiger partial charge in [-0.25, -0.2) is 0 Å². The Morgan fingerprint density at radius 3 is 2.35 bits per heavy atom. The van der Waals surface area contributed by atoms with Crippen molar-refractivity contribution in [3.8, 4) is 5.75 Å². The number of likely N-dealkylation sites (tertiary alicyclic amines) is 1. The van der Waals surface area contributed by atoms with Crippen LogP contribution in [0.25, 0.3) is 0 Å². The summed E-state index contributed by atoms with van der Waals surface area (Å²) in [5.74, 6) is 0.808. The monoisotopic (exact) mass is 319 g/mol. The van der Waals surface area contributed by atoms with E-state index >= 15 is 0 Å². The van der Waals surface area contributed by atoms with Crippen molar-refractivity contribution in [1.29, 1.82) is 0 Å². The lowest BCUT2D eigenvalue weighted by molar-refractivity contribution is -0.149. The Morgan fingerprint density at radius 2 is 1.83 bits per heavy atom. The zero-order valence-electron chi connectivity index (χ0n) is 14.7. The van der Waals surface area contributed by atoms with E-state index in [1.165, 1.54) is 12.7 Å². The van der Waals surface area contributed by atoms with Crippen molar-refractivity contribution in [3.05, 3.63) is 29.8 Å². The highest BCUT2D eigenvalue weighted by Gasteiger charge is 2.33. The molecule has 0 amide bonds. The summed E-state index contributed by atoms with van der Waals surface area (Å²) in [6, 6.07) is 8.50. The molecule has 4 nitrogen and oxygen atoms in total. The second-order valence-electron chi connectivity index (χ2n) is 6.72. The van der Waals surface area contributed by atoms with Crippen LogP contribution in [0.1, 0.15) is 32.3 Å². The smallest absolute Gasteiger partial charge is 0.312 e. The van der Waals surface area contributed by atoms with Crippen LogP contribution in [0.3, 0.4) is 0 Å². The van der Waals surface area contributed by atoms with Crippen LogP contribution in [0.5, 0.6) is 5.75 Å². The first-order valence-electron chi connectivity index (χ1n) is 8.52. The normalized spacial score (nSPS) is 18.0. The minimum Gasteiger partial charge on any atom is -0.493 e. The predicted octanol–water partition coefficient (Wildman–Crippen LogP) is 3.28. The molecule has 1 heterocycles. The van der Waals surface area contributed by atoms with E-state index in [0.717, 1.165) is 31.7 Å². The van der Waals surface area contributed by atoms with E-state index in [-0.39, 0.29) is 11.9 Å². The number of benzene rings is 1. The van der Waals surface area contributed by atoms with E-state index in [9.17, 15) is 4.79 Å². The van der Waals surface area contributed by atoms with Gasteiger partial charge in [-0.3, -0.25) is 4.79 Å². The van der Waals surface area contributed by atoms with Crippen molar-refractivity contribution in [2.24, 2.45) is 11.8 Å². The first kappa shape index (κ1) is 17.8. The zero-order chi connectivity index (χ0) is 16.8. The van der Waals surface area contributed by atoms with Crippen LogP contribution in [0.2, 0.25) is 0 Å². The van der Waals surface area contributed by atoms with Gasteiger partial charge in [-0.15, -0.1) is 0 Å². The molecule has 1 aromatic carbocycles. The molecule has 1 saturated heterocycles. The summed E-state index contributed by atoms with van der Waals surface area (Å²) >= 11 is 0. The molecule has 23 heavy (non-hydrogen) atoms. The lowest BCUT2D eigenvalue weighted by atomic mass is 9.84. The van der Waals surface area contributed by atoms with Gasteiger partial charge in [-0.05, 0) is 64.8 Å².